The van der Waals surface area contributed by atoms with E-state index in [2.05, 4.69) is 32.3 Å². The number of hydrogen-bond acceptors (Lipinski definition) is 0. The predicted molar refractivity (Wildman–Crippen MR) is 56.6 cm³/mol. The van der Waals surface area contributed by atoms with E-state index in [0.717, 1.165) is 0 Å². The van der Waals surface area contributed by atoms with Gasteiger partial charge in [0.05, 0.1) is 8.07 Å². The van der Waals surface area contributed by atoms with Gasteiger partial charge in [-0.15, -0.1) is 12.3 Å². The second kappa shape index (κ2) is 5.59. The standard InChI is InChI=1S/C10H22Si/c1-5-7-8-9-10-11(3,4)6-2/h6H,2,5,7-10H2,1,3-4H3. The Morgan fingerprint density at radius 2 is 1.82 bits per heavy atom. The summed E-state index contributed by atoms with van der Waals surface area (Å²) in [5.41, 5.74) is 2.21. The lowest BCUT2D eigenvalue weighted by atomic mass is 10.2. The summed E-state index contributed by atoms with van der Waals surface area (Å²) >= 11 is 0. The van der Waals surface area contributed by atoms with Crippen molar-refractivity contribution in [2.45, 2.75) is 51.7 Å². The minimum atomic E-state index is -0.963. The first-order valence-corrected chi connectivity index (χ1v) is 8.04. The summed E-state index contributed by atoms with van der Waals surface area (Å²) in [5.74, 6) is 0. The van der Waals surface area contributed by atoms with Crippen molar-refractivity contribution < 1.29 is 0 Å². The van der Waals surface area contributed by atoms with Gasteiger partial charge in [0.1, 0.15) is 0 Å². The highest BCUT2D eigenvalue weighted by Gasteiger charge is 2.13. The maximum absolute atomic E-state index is 3.89. The van der Waals surface area contributed by atoms with Crippen LogP contribution < -0.4 is 0 Å². The highest BCUT2D eigenvalue weighted by Crippen LogP contribution is 2.15. The lowest BCUT2D eigenvalue weighted by Crippen LogP contribution is -2.21. The summed E-state index contributed by atoms with van der Waals surface area (Å²) in [4.78, 5) is 0. The first-order valence-electron chi connectivity index (χ1n) is 4.76. The van der Waals surface area contributed by atoms with E-state index in [-0.39, 0.29) is 0 Å². The number of hydrogen-bond donors (Lipinski definition) is 0. The van der Waals surface area contributed by atoms with Gasteiger partial charge in [-0.05, 0) is 0 Å². The zero-order chi connectivity index (χ0) is 8.74. The largest absolute Gasteiger partial charge is 0.107 e. The molecule has 0 aromatic rings. The second-order valence-corrected chi connectivity index (χ2v) is 8.89. The van der Waals surface area contributed by atoms with Crippen LogP contribution in [0.1, 0.15) is 32.6 Å². The van der Waals surface area contributed by atoms with Gasteiger partial charge in [0.25, 0.3) is 0 Å². The van der Waals surface area contributed by atoms with Crippen LogP contribution in [0.3, 0.4) is 0 Å². The van der Waals surface area contributed by atoms with E-state index in [4.69, 9.17) is 0 Å². The molecule has 0 N–H and O–H groups in total. The molecule has 0 aliphatic heterocycles. The molecule has 0 saturated heterocycles. The Balaban J connectivity index is 3.30. The Morgan fingerprint density at radius 3 is 2.27 bits per heavy atom. The minimum absolute atomic E-state index is 0.963. The van der Waals surface area contributed by atoms with Crippen LogP contribution in [0.15, 0.2) is 12.3 Å². The van der Waals surface area contributed by atoms with Gasteiger partial charge in [0, 0.05) is 0 Å². The van der Waals surface area contributed by atoms with Crippen molar-refractivity contribution in [1.82, 2.24) is 0 Å². The Bertz CT molecular complexity index is 105. The van der Waals surface area contributed by atoms with E-state index in [1.165, 1.54) is 31.7 Å². The fourth-order valence-electron chi connectivity index (χ4n) is 1.11. The van der Waals surface area contributed by atoms with E-state index in [0.29, 0.717) is 0 Å². The highest BCUT2D eigenvalue weighted by molar-refractivity contribution is 6.82. The van der Waals surface area contributed by atoms with E-state index in [1.807, 2.05) is 0 Å². The zero-order valence-electron chi connectivity index (χ0n) is 8.32. The van der Waals surface area contributed by atoms with E-state index >= 15 is 0 Å². The van der Waals surface area contributed by atoms with E-state index < -0.39 is 8.07 Å². The Labute approximate surface area is 72.7 Å². The normalized spacial score (nSPS) is 11.5. The van der Waals surface area contributed by atoms with E-state index in [9.17, 15) is 0 Å². The SMILES string of the molecule is C=C[Si](C)(C)CCCCCC. The molecule has 0 fully saturated rings. The molecule has 0 aromatic carbocycles. The Kier molecular flexibility index (Phi) is 5.57. The van der Waals surface area contributed by atoms with Gasteiger partial charge in [-0.25, -0.2) is 0 Å². The first-order chi connectivity index (χ1) is 5.12. The maximum Gasteiger partial charge on any atom is 0.0709 e. The van der Waals surface area contributed by atoms with Crippen molar-refractivity contribution in [1.29, 1.82) is 0 Å². The molecule has 0 unspecified atom stereocenters. The third-order valence-corrected chi connectivity index (χ3v) is 4.97. The van der Waals surface area contributed by atoms with Crippen molar-refractivity contribution in [2.75, 3.05) is 0 Å². The minimum Gasteiger partial charge on any atom is -0.107 e. The van der Waals surface area contributed by atoms with Crippen molar-refractivity contribution in [3.8, 4) is 0 Å². The third-order valence-electron chi connectivity index (χ3n) is 2.23. The van der Waals surface area contributed by atoms with Gasteiger partial charge >= 0.3 is 0 Å². The van der Waals surface area contributed by atoms with Crippen LogP contribution in [0.5, 0.6) is 0 Å². The fraction of sp³-hybridized carbons (Fsp3) is 0.800. The molecule has 0 spiro atoms. The monoisotopic (exact) mass is 170 g/mol. The second-order valence-electron chi connectivity index (χ2n) is 4.00. The molecule has 0 aliphatic carbocycles. The van der Waals surface area contributed by atoms with Crippen molar-refractivity contribution >= 4 is 8.07 Å². The molecule has 11 heavy (non-hydrogen) atoms. The molecule has 0 nitrogen and oxygen atoms in total. The Hall–Kier alpha value is -0.0431. The van der Waals surface area contributed by atoms with Gasteiger partial charge in [-0.3, -0.25) is 0 Å². The number of rotatable bonds is 6. The van der Waals surface area contributed by atoms with Gasteiger partial charge < -0.3 is 0 Å². The van der Waals surface area contributed by atoms with Gasteiger partial charge in [0.15, 0.2) is 0 Å². The molecule has 0 amide bonds. The van der Waals surface area contributed by atoms with Crippen LogP contribution in [0.25, 0.3) is 0 Å². The molecular formula is C10H22Si. The zero-order valence-corrected chi connectivity index (χ0v) is 9.32. The maximum atomic E-state index is 3.89. The molecule has 0 aliphatic rings. The van der Waals surface area contributed by atoms with Crippen LogP contribution in [-0.2, 0) is 0 Å². The van der Waals surface area contributed by atoms with Gasteiger partial charge in [-0.1, -0.05) is 51.7 Å². The molecule has 0 bridgehead atoms. The lowest BCUT2D eigenvalue weighted by Gasteiger charge is -2.16. The molecule has 1 heteroatoms. The summed E-state index contributed by atoms with van der Waals surface area (Å²) in [7, 11) is -0.963. The van der Waals surface area contributed by atoms with Crippen LogP contribution in [-0.4, -0.2) is 8.07 Å². The summed E-state index contributed by atoms with van der Waals surface area (Å²) in [6.45, 7) is 10.9. The van der Waals surface area contributed by atoms with Crippen LogP contribution in [0, 0.1) is 0 Å². The van der Waals surface area contributed by atoms with Crippen LogP contribution >= 0.6 is 0 Å². The topological polar surface area (TPSA) is 0 Å². The molecule has 0 saturated carbocycles. The summed E-state index contributed by atoms with van der Waals surface area (Å²) in [6, 6.07) is 1.43. The summed E-state index contributed by atoms with van der Waals surface area (Å²) in [5, 5.41) is 0. The molecule has 0 atom stereocenters. The van der Waals surface area contributed by atoms with Gasteiger partial charge in [-0.2, -0.15) is 0 Å². The van der Waals surface area contributed by atoms with Crippen LogP contribution in [0.4, 0.5) is 0 Å². The lowest BCUT2D eigenvalue weighted by molar-refractivity contribution is 0.697. The first kappa shape index (κ1) is 11.0. The number of unbranched alkanes of at least 4 members (excludes halogenated alkanes) is 3. The highest BCUT2D eigenvalue weighted by atomic mass is 28.3. The van der Waals surface area contributed by atoms with E-state index in [1.54, 1.807) is 0 Å². The molecule has 0 aromatic heterocycles. The van der Waals surface area contributed by atoms with Gasteiger partial charge in [0.2, 0.25) is 0 Å². The van der Waals surface area contributed by atoms with Crippen LogP contribution in [0.2, 0.25) is 19.1 Å². The van der Waals surface area contributed by atoms with Crippen molar-refractivity contribution in [2.24, 2.45) is 0 Å². The molecule has 66 valence electrons. The van der Waals surface area contributed by atoms with Crippen molar-refractivity contribution in [3.63, 3.8) is 0 Å². The average Bonchev–Trinajstić information content (AvgIpc) is 1.99. The molecule has 0 rings (SSSR count). The summed E-state index contributed by atoms with van der Waals surface area (Å²) in [6.07, 6.45) is 5.58. The Morgan fingerprint density at radius 1 is 1.18 bits per heavy atom. The summed E-state index contributed by atoms with van der Waals surface area (Å²) < 4.78 is 0. The molecular weight excluding hydrogens is 148 g/mol. The third kappa shape index (κ3) is 6.36. The van der Waals surface area contributed by atoms with Crippen molar-refractivity contribution in [3.05, 3.63) is 12.3 Å². The average molecular weight is 170 g/mol. The predicted octanol–water partition coefficient (Wildman–Crippen LogP) is 4.00. The molecule has 0 radical (unpaired) electrons. The quantitative estimate of drug-likeness (QED) is 0.417. The fourth-order valence-corrected chi connectivity index (χ4v) is 2.47. The smallest absolute Gasteiger partial charge is 0.0709 e. The molecule has 0 heterocycles.